The number of amides is 2. The first kappa shape index (κ1) is 23.0. The second-order valence-electron chi connectivity index (χ2n) is 6.59. The van der Waals surface area contributed by atoms with Gasteiger partial charge in [-0.05, 0) is 54.8 Å². The van der Waals surface area contributed by atoms with Crippen LogP contribution in [0.15, 0.2) is 48.5 Å². The first-order chi connectivity index (χ1) is 13.9. The molecule has 0 saturated carbocycles. The number of nitrogens with one attached hydrogen (secondary N) is 1. The molecule has 2 amide bonds. The van der Waals surface area contributed by atoms with Gasteiger partial charge in [0.2, 0.25) is 11.8 Å². The highest BCUT2D eigenvalue weighted by molar-refractivity contribution is 6.30. The third-order valence-corrected chi connectivity index (χ3v) is 5.02. The number of nitrogens with zero attached hydrogens (tertiary/aromatic N) is 1. The third-order valence-electron chi connectivity index (χ3n) is 4.52. The molecule has 0 spiro atoms. The highest BCUT2D eigenvalue weighted by Crippen LogP contribution is 2.18. The fraction of sp³-hybridized carbons (Fsp3) is 0.364. The monoisotopic (exact) mass is 436 g/mol. The molecular formula is C22H26Cl2N2O3. The van der Waals surface area contributed by atoms with E-state index >= 15 is 0 Å². The number of carbonyl (C=O) groups excluding carboxylic acids is 2. The van der Waals surface area contributed by atoms with Gasteiger partial charge in [-0.2, -0.15) is 0 Å². The van der Waals surface area contributed by atoms with Gasteiger partial charge in [-0.1, -0.05) is 42.3 Å². The Hall–Kier alpha value is -2.24. The van der Waals surface area contributed by atoms with Gasteiger partial charge in [0.05, 0.1) is 6.61 Å². The Labute approximate surface area is 181 Å². The molecule has 0 aliphatic heterocycles. The summed E-state index contributed by atoms with van der Waals surface area (Å²) >= 11 is 11.8. The molecule has 1 N–H and O–H groups in total. The van der Waals surface area contributed by atoms with Crippen LogP contribution in [0.1, 0.15) is 31.7 Å². The molecule has 0 unspecified atom stereocenters. The molecule has 2 aromatic rings. The molecule has 2 rings (SSSR count). The van der Waals surface area contributed by atoms with E-state index in [2.05, 4.69) is 5.32 Å². The van der Waals surface area contributed by atoms with Crippen molar-refractivity contribution in [3.63, 3.8) is 0 Å². The maximum atomic E-state index is 12.9. The topological polar surface area (TPSA) is 58.6 Å². The van der Waals surface area contributed by atoms with E-state index in [0.717, 1.165) is 5.56 Å². The van der Waals surface area contributed by atoms with Gasteiger partial charge in [-0.25, -0.2) is 0 Å². The average molecular weight is 437 g/mol. The predicted molar refractivity (Wildman–Crippen MR) is 116 cm³/mol. The first-order valence-corrected chi connectivity index (χ1v) is 10.3. The van der Waals surface area contributed by atoms with E-state index < -0.39 is 6.04 Å². The minimum absolute atomic E-state index is 0.0879. The number of ether oxygens (including phenoxy) is 1. The zero-order valence-electron chi connectivity index (χ0n) is 16.7. The summed E-state index contributed by atoms with van der Waals surface area (Å²) in [5.74, 6) is 0.444. The average Bonchev–Trinajstić information content (AvgIpc) is 2.73. The van der Waals surface area contributed by atoms with Gasteiger partial charge in [0.25, 0.3) is 0 Å². The Morgan fingerprint density at radius 3 is 2.17 bits per heavy atom. The van der Waals surface area contributed by atoms with Crippen LogP contribution in [0.3, 0.4) is 0 Å². The molecule has 0 aliphatic carbocycles. The summed E-state index contributed by atoms with van der Waals surface area (Å²) in [6, 6.07) is 13.8. The van der Waals surface area contributed by atoms with Crippen LogP contribution >= 0.6 is 23.2 Å². The van der Waals surface area contributed by atoms with Crippen LogP contribution in [0.4, 0.5) is 0 Å². The largest absolute Gasteiger partial charge is 0.494 e. The third kappa shape index (κ3) is 7.26. The fourth-order valence-electron chi connectivity index (χ4n) is 2.96. The molecule has 0 aliphatic rings. The van der Waals surface area contributed by atoms with Crippen LogP contribution < -0.4 is 10.1 Å². The Morgan fingerprint density at radius 1 is 1.03 bits per heavy atom. The molecule has 0 aromatic heterocycles. The van der Waals surface area contributed by atoms with Crippen LogP contribution in [0.25, 0.3) is 0 Å². The molecular weight excluding hydrogens is 411 g/mol. The maximum Gasteiger partial charge on any atom is 0.242 e. The van der Waals surface area contributed by atoms with E-state index in [-0.39, 0.29) is 18.2 Å². The van der Waals surface area contributed by atoms with Crippen molar-refractivity contribution in [2.75, 3.05) is 13.7 Å². The van der Waals surface area contributed by atoms with E-state index in [1.807, 2.05) is 19.1 Å². The summed E-state index contributed by atoms with van der Waals surface area (Å²) < 4.78 is 5.65. The van der Waals surface area contributed by atoms with Crippen molar-refractivity contribution in [2.45, 2.75) is 38.8 Å². The molecule has 5 nitrogen and oxygen atoms in total. The van der Waals surface area contributed by atoms with Crippen LogP contribution in [-0.4, -0.2) is 36.4 Å². The second-order valence-corrected chi connectivity index (χ2v) is 7.47. The number of halogens is 2. The van der Waals surface area contributed by atoms with Crippen molar-refractivity contribution < 1.29 is 14.3 Å². The molecule has 0 saturated heterocycles. The standard InChI is InChI=1S/C22H26Cl2N2O3/c1-3-20(22(28)25-2)26(15-16-6-8-17(23)9-7-16)21(27)5-4-14-29-19-12-10-18(24)11-13-19/h6-13,20H,3-5,14-15H2,1-2H3,(H,25,28)/t20-/m1/s1. The Morgan fingerprint density at radius 2 is 1.62 bits per heavy atom. The molecule has 156 valence electrons. The Kier molecular flexibility index (Phi) is 9.29. The number of rotatable bonds is 10. The predicted octanol–water partition coefficient (Wildman–Crippen LogP) is 4.71. The second kappa shape index (κ2) is 11.7. The van der Waals surface area contributed by atoms with Gasteiger partial charge in [-0.3, -0.25) is 9.59 Å². The molecule has 0 fully saturated rings. The van der Waals surface area contributed by atoms with Crippen molar-refractivity contribution in [1.29, 1.82) is 0 Å². The maximum absolute atomic E-state index is 12.9. The molecule has 29 heavy (non-hydrogen) atoms. The van der Waals surface area contributed by atoms with Gasteiger partial charge in [0, 0.05) is 30.1 Å². The molecule has 2 aromatic carbocycles. The minimum atomic E-state index is -0.527. The quantitative estimate of drug-likeness (QED) is 0.548. The number of likely N-dealkylation sites (N-methyl/N-ethyl adjacent to an activating group) is 1. The van der Waals surface area contributed by atoms with Crippen molar-refractivity contribution in [3.05, 3.63) is 64.1 Å². The van der Waals surface area contributed by atoms with E-state index in [9.17, 15) is 9.59 Å². The summed E-state index contributed by atoms with van der Waals surface area (Å²) in [6.45, 7) is 2.64. The van der Waals surface area contributed by atoms with Crippen molar-refractivity contribution >= 4 is 35.0 Å². The summed E-state index contributed by atoms with van der Waals surface area (Å²) in [5, 5.41) is 3.92. The molecule has 0 radical (unpaired) electrons. The van der Waals surface area contributed by atoms with Gasteiger partial charge < -0.3 is 15.0 Å². The number of hydrogen-bond donors (Lipinski definition) is 1. The van der Waals surface area contributed by atoms with E-state index in [0.29, 0.717) is 41.8 Å². The van der Waals surface area contributed by atoms with Crippen molar-refractivity contribution in [3.8, 4) is 5.75 Å². The zero-order valence-corrected chi connectivity index (χ0v) is 18.2. The van der Waals surface area contributed by atoms with E-state index in [4.69, 9.17) is 27.9 Å². The van der Waals surface area contributed by atoms with Gasteiger partial charge in [0.1, 0.15) is 11.8 Å². The highest BCUT2D eigenvalue weighted by Gasteiger charge is 2.27. The summed E-state index contributed by atoms with van der Waals surface area (Å²) in [5.41, 5.74) is 0.919. The van der Waals surface area contributed by atoms with E-state index in [1.165, 1.54) is 0 Å². The number of hydrogen-bond acceptors (Lipinski definition) is 3. The molecule has 0 bridgehead atoms. The molecule has 0 heterocycles. The molecule has 1 atom stereocenters. The summed E-state index contributed by atoms with van der Waals surface area (Å²) in [4.78, 5) is 26.9. The lowest BCUT2D eigenvalue weighted by Crippen LogP contribution is -2.48. The number of carbonyl (C=O) groups is 2. The van der Waals surface area contributed by atoms with Crippen LogP contribution in [0.2, 0.25) is 10.0 Å². The van der Waals surface area contributed by atoms with Crippen LogP contribution in [0, 0.1) is 0 Å². The van der Waals surface area contributed by atoms with Gasteiger partial charge >= 0.3 is 0 Å². The van der Waals surface area contributed by atoms with Crippen molar-refractivity contribution in [1.82, 2.24) is 10.2 Å². The minimum Gasteiger partial charge on any atom is -0.494 e. The lowest BCUT2D eigenvalue weighted by atomic mass is 10.1. The SMILES string of the molecule is CC[C@H](C(=O)NC)N(Cc1ccc(Cl)cc1)C(=O)CCCOc1ccc(Cl)cc1. The smallest absolute Gasteiger partial charge is 0.242 e. The Balaban J connectivity index is 1.99. The zero-order chi connectivity index (χ0) is 21.2. The summed E-state index contributed by atoms with van der Waals surface area (Å²) in [7, 11) is 1.58. The lowest BCUT2D eigenvalue weighted by molar-refractivity contribution is -0.141. The fourth-order valence-corrected chi connectivity index (χ4v) is 3.21. The summed E-state index contributed by atoms with van der Waals surface area (Å²) in [6.07, 6.45) is 1.36. The first-order valence-electron chi connectivity index (χ1n) is 9.58. The van der Waals surface area contributed by atoms with E-state index in [1.54, 1.807) is 48.3 Å². The van der Waals surface area contributed by atoms with Crippen molar-refractivity contribution in [2.24, 2.45) is 0 Å². The Bertz CT molecular complexity index is 795. The van der Waals surface area contributed by atoms with Crippen LogP contribution in [0.5, 0.6) is 5.75 Å². The lowest BCUT2D eigenvalue weighted by Gasteiger charge is -2.30. The van der Waals surface area contributed by atoms with Crippen LogP contribution in [-0.2, 0) is 16.1 Å². The highest BCUT2D eigenvalue weighted by atomic mass is 35.5. The van der Waals surface area contributed by atoms with Gasteiger partial charge in [-0.15, -0.1) is 0 Å². The molecule has 7 heteroatoms. The number of benzene rings is 2. The van der Waals surface area contributed by atoms with Gasteiger partial charge in [0.15, 0.2) is 0 Å². The normalized spacial score (nSPS) is 11.6.